The monoisotopic (exact) mass is 654 g/mol. The lowest BCUT2D eigenvalue weighted by molar-refractivity contribution is 0.0509. The number of nitrogens with zero attached hydrogens (tertiary/aromatic N) is 5. The lowest BCUT2D eigenvalue weighted by Gasteiger charge is -2.35. The van der Waals surface area contributed by atoms with E-state index in [4.69, 9.17) is 9.72 Å². The Morgan fingerprint density at radius 2 is 1.62 bits per heavy atom. The van der Waals surface area contributed by atoms with Gasteiger partial charge < -0.3 is 14.5 Å². The summed E-state index contributed by atoms with van der Waals surface area (Å²) < 4.78 is 36.3. The molecule has 2 aliphatic heterocycles. The molecule has 246 valence electrons. The normalized spacial score (nSPS) is 18.1. The molecule has 47 heavy (non-hydrogen) atoms. The molecule has 1 fully saturated rings. The second kappa shape index (κ2) is 12.9. The average Bonchev–Trinajstić information content (AvgIpc) is 3.56. The summed E-state index contributed by atoms with van der Waals surface area (Å²) in [6.07, 6.45) is 2.87. The van der Waals surface area contributed by atoms with Crippen LogP contribution in [0.5, 0.6) is 5.88 Å². The molecule has 1 N–H and O–H groups in total. The average molecular weight is 655 g/mol. The van der Waals surface area contributed by atoms with Gasteiger partial charge in [0.05, 0.1) is 28.9 Å². The van der Waals surface area contributed by atoms with Crippen LogP contribution in [0.3, 0.4) is 0 Å². The maximum absolute atomic E-state index is 14.5. The molecule has 1 saturated heterocycles. The second-order valence-electron chi connectivity index (χ2n) is 13.7. The van der Waals surface area contributed by atoms with Gasteiger partial charge in [-0.15, -0.1) is 0 Å². The van der Waals surface area contributed by atoms with E-state index in [2.05, 4.69) is 40.4 Å². The minimum absolute atomic E-state index is 0.0624. The van der Waals surface area contributed by atoms with Crippen molar-refractivity contribution in [2.45, 2.75) is 71.4 Å². The number of carbonyl (C=O) groups excluding carboxylic acids is 1. The number of aromatic nitrogens is 3. The molecule has 0 unspecified atom stereocenters. The fourth-order valence-corrected chi connectivity index (χ4v) is 7.39. The first-order valence-corrected chi connectivity index (χ1v) is 17.6. The zero-order valence-corrected chi connectivity index (χ0v) is 28.5. The molecule has 0 radical (unpaired) electrons. The number of fused-ring (bicyclic) bond motifs is 4. The summed E-state index contributed by atoms with van der Waals surface area (Å²) in [6.45, 7) is 12.6. The van der Waals surface area contributed by atoms with Crippen LogP contribution < -0.4 is 14.4 Å². The Balaban J connectivity index is 1.47. The third-order valence-electron chi connectivity index (χ3n) is 8.58. The highest BCUT2D eigenvalue weighted by molar-refractivity contribution is 7.92. The summed E-state index contributed by atoms with van der Waals surface area (Å²) in [5.74, 6) is 0.695. The van der Waals surface area contributed by atoms with Crippen LogP contribution in [0.15, 0.2) is 71.6 Å². The van der Waals surface area contributed by atoms with E-state index in [1.54, 1.807) is 23.1 Å². The summed E-state index contributed by atoms with van der Waals surface area (Å²) in [5, 5.41) is 0. The summed E-state index contributed by atoms with van der Waals surface area (Å²) in [5.41, 5.74) is 4.22. The van der Waals surface area contributed by atoms with Gasteiger partial charge in [-0.25, -0.2) is 23.1 Å². The number of rotatable bonds is 5. The van der Waals surface area contributed by atoms with Gasteiger partial charge in [-0.3, -0.25) is 4.79 Å². The number of benzene rings is 2. The summed E-state index contributed by atoms with van der Waals surface area (Å²) in [7, 11) is -4.15. The number of aryl methyl sites for hydroxylation is 2. The lowest BCUT2D eigenvalue weighted by Crippen LogP contribution is -2.45. The van der Waals surface area contributed by atoms with Crippen molar-refractivity contribution in [1.29, 1.82) is 0 Å². The van der Waals surface area contributed by atoms with Gasteiger partial charge >= 0.3 is 0 Å². The van der Waals surface area contributed by atoms with E-state index in [1.165, 1.54) is 12.1 Å². The molecule has 1 atom stereocenters. The van der Waals surface area contributed by atoms with Crippen molar-refractivity contribution in [2.24, 2.45) is 5.41 Å². The van der Waals surface area contributed by atoms with Crippen molar-refractivity contribution in [3.05, 3.63) is 89.1 Å². The van der Waals surface area contributed by atoms with Gasteiger partial charge in [0, 0.05) is 30.3 Å². The van der Waals surface area contributed by atoms with Crippen molar-refractivity contribution in [3.63, 3.8) is 0 Å². The predicted octanol–water partition coefficient (Wildman–Crippen LogP) is 6.40. The van der Waals surface area contributed by atoms with Crippen LogP contribution in [0.2, 0.25) is 0 Å². The summed E-state index contributed by atoms with van der Waals surface area (Å²) in [6, 6.07) is 19.3. The molecule has 2 aromatic carbocycles. The minimum Gasteiger partial charge on any atom is -0.475 e. The summed E-state index contributed by atoms with van der Waals surface area (Å²) in [4.78, 5) is 32.5. The Morgan fingerprint density at radius 1 is 0.915 bits per heavy atom. The predicted molar refractivity (Wildman–Crippen MR) is 183 cm³/mol. The molecule has 0 saturated carbocycles. The second-order valence-corrected chi connectivity index (χ2v) is 15.3. The van der Waals surface area contributed by atoms with Crippen molar-refractivity contribution >= 4 is 27.7 Å². The molecule has 2 aromatic heterocycles. The number of pyridine rings is 1. The SMILES string of the molecule is Cc1cccc(C)c1-c1cc2nc(n1)NS(=O)(=O)c1cccc(c1)C(=O)N(Cc1cccc(N3CCCC3)n1)[C@H](CC(C)(C)C)CO2. The number of ether oxygens (including phenoxy) is 1. The first kappa shape index (κ1) is 32.4. The first-order chi connectivity index (χ1) is 22.4. The van der Waals surface area contributed by atoms with Crippen molar-refractivity contribution < 1.29 is 17.9 Å². The molecule has 6 rings (SSSR count). The smallest absolute Gasteiger partial charge is 0.264 e. The Bertz CT molecular complexity index is 1880. The maximum atomic E-state index is 14.5. The number of carbonyl (C=O) groups is 1. The van der Waals surface area contributed by atoms with Gasteiger partial charge in [0.25, 0.3) is 15.9 Å². The topological polar surface area (TPSA) is 118 Å². The van der Waals surface area contributed by atoms with Gasteiger partial charge in [-0.2, -0.15) is 4.98 Å². The van der Waals surface area contributed by atoms with Crippen LogP contribution >= 0.6 is 0 Å². The largest absolute Gasteiger partial charge is 0.475 e. The molecule has 4 bridgehead atoms. The molecular weight excluding hydrogens is 613 g/mol. The Morgan fingerprint density at radius 3 is 2.34 bits per heavy atom. The van der Waals surface area contributed by atoms with E-state index in [9.17, 15) is 13.2 Å². The third kappa shape index (κ3) is 7.40. The third-order valence-corrected chi connectivity index (χ3v) is 9.91. The van der Waals surface area contributed by atoms with Gasteiger partial charge in [-0.1, -0.05) is 51.1 Å². The molecule has 4 aromatic rings. The van der Waals surface area contributed by atoms with Crippen molar-refractivity contribution in [2.75, 3.05) is 29.3 Å². The van der Waals surface area contributed by atoms with Gasteiger partial charge in [0.2, 0.25) is 11.8 Å². The van der Waals surface area contributed by atoms with E-state index in [0.717, 1.165) is 54.1 Å². The van der Waals surface area contributed by atoms with Gasteiger partial charge in [0.1, 0.15) is 12.4 Å². The van der Waals surface area contributed by atoms with Crippen molar-refractivity contribution in [3.8, 4) is 17.1 Å². The molecule has 1 amide bonds. The highest BCUT2D eigenvalue weighted by Gasteiger charge is 2.32. The quantitative estimate of drug-likeness (QED) is 0.263. The molecule has 2 aliphatic rings. The number of hydrogen-bond acceptors (Lipinski definition) is 8. The zero-order valence-electron chi connectivity index (χ0n) is 27.7. The van der Waals surface area contributed by atoms with Crippen LogP contribution in [0, 0.1) is 19.3 Å². The fraction of sp³-hybridized carbons (Fsp3) is 0.389. The van der Waals surface area contributed by atoms with Crippen LogP contribution in [0.25, 0.3) is 11.3 Å². The number of anilines is 2. The fourth-order valence-electron chi connectivity index (χ4n) is 6.40. The maximum Gasteiger partial charge on any atom is 0.264 e. The Labute approximate surface area is 277 Å². The molecular formula is C36H42N6O4S. The molecule has 0 spiro atoms. The summed E-state index contributed by atoms with van der Waals surface area (Å²) >= 11 is 0. The molecule has 4 heterocycles. The van der Waals surface area contributed by atoms with Crippen LogP contribution in [-0.2, 0) is 16.6 Å². The van der Waals surface area contributed by atoms with Crippen LogP contribution in [-0.4, -0.2) is 59.9 Å². The van der Waals surface area contributed by atoms with Crippen LogP contribution in [0.4, 0.5) is 11.8 Å². The lowest BCUT2D eigenvalue weighted by atomic mass is 9.87. The highest BCUT2D eigenvalue weighted by atomic mass is 32.2. The van der Waals surface area contributed by atoms with Gasteiger partial charge in [-0.05, 0) is 80.0 Å². The van der Waals surface area contributed by atoms with Crippen molar-refractivity contribution in [1.82, 2.24) is 19.9 Å². The highest BCUT2D eigenvalue weighted by Crippen LogP contribution is 2.32. The number of amides is 1. The molecule has 0 aliphatic carbocycles. The number of sulfonamides is 1. The van der Waals surface area contributed by atoms with Crippen LogP contribution in [0.1, 0.15) is 67.2 Å². The van der Waals surface area contributed by atoms with E-state index >= 15 is 0 Å². The van der Waals surface area contributed by atoms with E-state index in [1.807, 2.05) is 50.2 Å². The minimum atomic E-state index is -4.15. The van der Waals surface area contributed by atoms with E-state index in [-0.39, 0.29) is 46.8 Å². The standard InChI is InChI=1S/C36H42N6O4S/c1-24-11-8-12-25(2)33(24)30-20-32-39-35(38-30)40-47(44,45)29-15-9-13-26(19-29)34(43)42(28(23-46-32)21-36(3,4)5)22-27-14-10-16-31(37-27)41-17-6-7-18-41/h8-16,19-20,28H,6-7,17-18,21-23H2,1-5H3,(H,38,39,40)/t28-/m1/s1. The van der Waals surface area contributed by atoms with E-state index in [0.29, 0.717) is 12.1 Å². The molecule has 10 nitrogen and oxygen atoms in total. The number of nitrogens with one attached hydrogen (secondary N) is 1. The Kier molecular flexibility index (Phi) is 8.93. The first-order valence-electron chi connectivity index (χ1n) is 16.1. The molecule has 11 heteroatoms. The van der Waals surface area contributed by atoms with Gasteiger partial charge in [0.15, 0.2) is 0 Å². The number of hydrogen-bond donors (Lipinski definition) is 1. The Hall–Kier alpha value is -4.51. The zero-order chi connectivity index (χ0) is 33.3. The van der Waals surface area contributed by atoms with E-state index < -0.39 is 16.1 Å².